The summed E-state index contributed by atoms with van der Waals surface area (Å²) in [4.78, 5) is 29.3. The number of aromatic nitrogens is 1. The third-order valence-electron chi connectivity index (χ3n) is 5.31. The summed E-state index contributed by atoms with van der Waals surface area (Å²) in [5.74, 6) is 1.79. The summed E-state index contributed by atoms with van der Waals surface area (Å²) in [5.41, 5.74) is 1.94. The molecule has 2 aromatic heterocycles. The van der Waals surface area contributed by atoms with Crippen molar-refractivity contribution in [3.05, 3.63) is 89.7 Å². The van der Waals surface area contributed by atoms with Crippen molar-refractivity contribution in [2.24, 2.45) is 0 Å². The Morgan fingerprint density at radius 3 is 2.47 bits per heavy atom. The van der Waals surface area contributed by atoms with Crippen LogP contribution in [-0.4, -0.2) is 30.0 Å². The molecule has 2 aromatic carbocycles. The van der Waals surface area contributed by atoms with Gasteiger partial charge in [-0.15, -0.1) is 0 Å². The van der Waals surface area contributed by atoms with Gasteiger partial charge in [0.1, 0.15) is 29.6 Å². The first kappa shape index (κ1) is 24.7. The molecule has 2 heterocycles. The van der Waals surface area contributed by atoms with Gasteiger partial charge in [-0.3, -0.25) is 9.59 Å². The van der Waals surface area contributed by atoms with E-state index in [9.17, 15) is 9.59 Å². The van der Waals surface area contributed by atoms with Crippen molar-refractivity contribution in [1.82, 2.24) is 10.3 Å². The zero-order valence-corrected chi connectivity index (χ0v) is 20.2. The number of benzene rings is 2. The number of carbonyl (C=O) groups is 2. The maximum Gasteiger partial charge on any atom is 0.291 e. The van der Waals surface area contributed by atoms with Crippen LogP contribution in [0.5, 0.6) is 5.75 Å². The van der Waals surface area contributed by atoms with E-state index in [2.05, 4.69) is 15.6 Å². The van der Waals surface area contributed by atoms with Crippen LogP contribution in [0.15, 0.2) is 75.6 Å². The standard InChI is InChI=1S/C27H27N3O6/c1-17-23(15-28-25(31)18(2)34-21-7-5-4-6-8-21)30-27(35-17)19-9-11-20(12-10-19)29-26(32)24-14-13-22(36-24)16-33-3/h4-14,18H,15-16H2,1-3H3,(H,28,31)(H,29,32). The van der Waals surface area contributed by atoms with Crippen molar-refractivity contribution < 1.29 is 27.9 Å². The predicted molar refractivity (Wildman–Crippen MR) is 132 cm³/mol. The van der Waals surface area contributed by atoms with Gasteiger partial charge in [0.15, 0.2) is 11.9 Å². The highest BCUT2D eigenvalue weighted by Gasteiger charge is 2.17. The molecule has 4 aromatic rings. The van der Waals surface area contributed by atoms with Gasteiger partial charge < -0.3 is 28.9 Å². The lowest BCUT2D eigenvalue weighted by Gasteiger charge is -2.14. The van der Waals surface area contributed by atoms with Crippen LogP contribution in [0.4, 0.5) is 5.69 Å². The maximum absolute atomic E-state index is 12.4. The van der Waals surface area contributed by atoms with Crippen LogP contribution in [-0.2, 0) is 22.7 Å². The number of aryl methyl sites for hydroxylation is 1. The fraction of sp³-hybridized carbons (Fsp3) is 0.222. The fourth-order valence-corrected chi connectivity index (χ4v) is 3.40. The molecule has 0 aliphatic rings. The molecule has 186 valence electrons. The second-order valence-corrected chi connectivity index (χ2v) is 8.04. The topological polar surface area (TPSA) is 116 Å². The number of anilines is 1. The molecule has 0 spiro atoms. The molecule has 0 aliphatic carbocycles. The quantitative estimate of drug-likeness (QED) is 0.331. The number of para-hydroxylation sites is 1. The number of nitrogens with zero attached hydrogens (tertiary/aromatic N) is 1. The molecule has 0 radical (unpaired) electrons. The minimum Gasteiger partial charge on any atom is -0.481 e. The molecular formula is C27H27N3O6. The summed E-state index contributed by atoms with van der Waals surface area (Å²) in [5, 5.41) is 5.62. The third-order valence-corrected chi connectivity index (χ3v) is 5.31. The number of furan rings is 1. The molecule has 4 rings (SSSR count). The zero-order valence-electron chi connectivity index (χ0n) is 20.2. The highest BCUT2D eigenvalue weighted by Crippen LogP contribution is 2.24. The molecule has 0 saturated carbocycles. The number of amides is 2. The van der Waals surface area contributed by atoms with Gasteiger partial charge in [0.05, 0.1) is 6.54 Å². The average Bonchev–Trinajstić information content (AvgIpc) is 3.50. The summed E-state index contributed by atoms with van der Waals surface area (Å²) in [6, 6.07) is 19.5. The molecule has 2 N–H and O–H groups in total. The summed E-state index contributed by atoms with van der Waals surface area (Å²) >= 11 is 0. The largest absolute Gasteiger partial charge is 0.481 e. The van der Waals surface area contributed by atoms with Gasteiger partial charge >= 0.3 is 0 Å². The smallest absolute Gasteiger partial charge is 0.291 e. The van der Waals surface area contributed by atoms with E-state index in [4.69, 9.17) is 18.3 Å². The van der Waals surface area contributed by atoms with Crippen molar-refractivity contribution in [3.8, 4) is 17.2 Å². The molecule has 0 saturated heterocycles. The van der Waals surface area contributed by atoms with Crippen LogP contribution < -0.4 is 15.4 Å². The lowest BCUT2D eigenvalue weighted by atomic mass is 10.2. The van der Waals surface area contributed by atoms with E-state index in [-0.39, 0.29) is 24.1 Å². The molecule has 9 heteroatoms. The van der Waals surface area contributed by atoms with Gasteiger partial charge in [-0.05, 0) is 62.4 Å². The predicted octanol–water partition coefficient (Wildman–Crippen LogP) is 4.73. The van der Waals surface area contributed by atoms with Crippen LogP contribution in [0.1, 0.15) is 34.7 Å². The maximum atomic E-state index is 12.4. The first-order valence-corrected chi connectivity index (χ1v) is 11.4. The number of ether oxygens (including phenoxy) is 2. The summed E-state index contributed by atoms with van der Waals surface area (Å²) in [6.45, 7) is 3.98. The molecule has 0 fully saturated rings. The van der Waals surface area contributed by atoms with Crippen molar-refractivity contribution >= 4 is 17.5 Å². The minimum atomic E-state index is -0.658. The molecule has 9 nitrogen and oxygen atoms in total. The Bertz CT molecular complexity index is 1310. The number of methoxy groups -OCH3 is 1. The van der Waals surface area contributed by atoms with Crippen LogP contribution in [0.25, 0.3) is 11.5 Å². The Hall–Kier alpha value is -4.37. The van der Waals surface area contributed by atoms with Crippen LogP contribution in [0.3, 0.4) is 0 Å². The second-order valence-electron chi connectivity index (χ2n) is 8.04. The van der Waals surface area contributed by atoms with E-state index >= 15 is 0 Å². The summed E-state index contributed by atoms with van der Waals surface area (Å²) in [7, 11) is 1.56. The lowest BCUT2D eigenvalue weighted by molar-refractivity contribution is -0.127. The molecular weight excluding hydrogens is 462 g/mol. The van der Waals surface area contributed by atoms with Gasteiger partial charge in [-0.25, -0.2) is 4.98 Å². The number of rotatable bonds is 10. The summed E-state index contributed by atoms with van der Waals surface area (Å²) < 4.78 is 21.9. The summed E-state index contributed by atoms with van der Waals surface area (Å²) in [6.07, 6.45) is -0.658. The van der Waals surface area contributed by atoms with Gasteiger partial charge in [-0.2, -0.15) is 0 Å². The monoisotopic (exact) mass is 489 g/mol. The van der Waals surface area contributed by atoms with Crippen molar-refractivity contribution in [2.45, 2.75) is 33.1 Å². The van der Waals surface area contributed by atoms with Crippen molar-refractivity contribution in [2.75, 3.05) is 12.4 Å². The van der Waals surface area contributed by atoms with Gasteiger partial charge in [0, 0.05) is 18.4 Å². The number of hydrogen-bond donors (Lipinski definition) is 2. The van der Waals surface area contributed by atoms with E-state index in [1.807, 2.05) is 18.2 Å². The number of carbonyl (C=O) groups excluding carboxylic acids is 2. The number of hydrogen-bond acceptors (Lipinski definition) is 7. The molecule has 0 aliphatic heterocycles. The Kier molecular flexibility index (Phi) is 7.82. The fourth-order valence-electron chi connectivity index (χ4n) is 3.40. The van der Waals surface area contributed by atoms with Gasteiger partial charge in [0.2, 0.25) is 5.89 Å². The second kappa shape index (κ2) is 11.4. The third kappa shape index (κ3) is 6.19. The van der Waals surface area contributed by atoms with Crippen molar-refractivity contribution in [3.63, 3.8) is 0 Å². The van der Waals surface area contributed by atoms with Crippen LogP contribution in [0.2, 0.25) is 0 Å². The SMILES string of the molecule is COCc1ccc(C(=O)Nc2ccc(-c3nc(CNC(=O)C(C)Oc4ccccc4)c(C)o3)cc2)o1. The zero-order chi connectivity index (χ0) is 25.5. The van der Waals surface area contributed by atoms with E-state index in [0.717, 1.165) is 5.56 Å². The van der Waals surface area contributed by atoms with E-state index < -0.39 is 6.10 Å². The minimum absolute atomic E-state index is 0.199. The number of oxazole rings is 1. The molecule has 0 bridgehead atoms. The van der Waals surface area contributed by atoms with E-state index in [0.29, 0.717) is 41.1 Å². The molecule has 36 heavy (non-hydrogen) atoms. The molecule has 1 unspecified atom stereocenters. The first-order valence-electron chi connectivity index (χ1n) is 11.4. The Morgan fingerprint density at radius 1 is 1.00 bits per heavy atom. The normalized spacial score (nSPS) is 11.6. The van der Waals surface area contributed by atoms with E-state index in [1.54, 1.807) is 69.5 Å². The Balaban J connectivity index is 1.33. The highest BCUT2D eigenvalue weighted by molar-refractivity contribution is 6.02. The molecule has 1 atom stereocenters. The Morgan fingerprint density at radius 2 is 1.75 bits per heavy atom. The number of nitrogens with one attached hydrogen (secondary N) is 2. The average molecular weight is 490 g/mol. The Labute approximate surface area is 208 Å². The highest BCUT2D eigenvalue weighted by atomic mass is 16.5. The van der Waals surface area contributed by atoms with Crippen LogP contribution >= 0.6 is 0 Å². The van der Waals surface area contributed by atoms with Crippen molar-refractivity contribution in [1.29, 1.82) is 0 Å². The molecule has 2 amide bonds. The van der Waals surface area contributed by atoms with Crippen LogP contribution in [0, 0.1) is 6.92 Å². The van der Waals surface area contributed by atoms with E-state index in [1.165, 1.54) is 0 Å². The first-order chi connectivity index (χ1) is 17.4. The van der Waals surface area contributed by atoms with Gasteiger partial charge in [0.25, 0.3) is 11.8 Å². The van der Waals surface area contributed by atoms with Gasteiger partial charge in [-0.1, -0.05) is 18.2 Å². The lowest BCUT2D eigenvalue weighted by Crippen LogP contribution is -2.36.